The maximum absolute atomic E-state index is 13.2. The van der Waals surface area contributed by atoms with Gasteiger partial charge in [0.25, 0.3) is 0 Å². The first-order valence-electron chi connectivity index (χ1n) is 8.32. The van der Waals surface area contributed by atoms with Gasteiger partial charge in [-0.3, -0.25) is 4.79 Å². The molecule has 3 rings (SSSR count). The number of carbonyl (C=O) groups is 1. The van der Waals surface area contributed by atoms with Crippen molar-refractivity contribution in [1.29, 1.82) is 0 Å². The Morgan fingerprint density at radius 2 is 1.79 bits per heavy atom. The largest absolute Gasteiger partial charge is 0.433 e. The van der Waals surface area contributed by atoms with Gasteiger partial charge in [0.05, 0.1) is 11.4 Å². The molecule has 28 heavy (non-hydrogen) atoms. The molecule has 1 aromatic heterocycles. The van der Waals surface area contributed by atoms with Gasteiger partial charge in [0.1, 0.15) is 5.69 Å². The van der Waals surface area contributed by atoms with Crippen LogP contribution < -0.4 is 5.32 Å². The Labute approximate surface area is 164 Å². The van der Waals surface area contributed by atoms with Crippen LogP contribution in [0.3, 0.4) is 0 Å². The molecule has 4 nitrogen and oxygen atoms in total. The molecule has 0 atom stereocenters. The average Bonchev–Trinajstić information content (AvgIpc) is 2.66. The lowest BCUT2D eigenvalue weighted by Crippen LogP contribution is -2.15. The number of hydrogen-bond donors (Lipinski definition) is 1. The van der Waals surface area contributed by atoms with Gasteiger partial charge in [0.15, 0.2) is 5.16 Å². The molecule has 1 N–H and O–H groups in total. The van der Waals surface area contributed by atoms with E-state index in [1.165, 1.54) is 0 Å². The Kier molecular flexibility index (Phi) is 5.99. The summed E-state index contributed by atoms with van der Waals surface area (Å²) >= 11 is 0.857. The number of benzene rings is 2. The standard InChI is InChI=1S/C20H16F3N3OS/c1-13-6-5-9-15(10-13)24-18(27)12-28-19-25-16(14-7-3-2-4-8-14)11-17(26-19)20(21,22)23/h2-11H,12H2,1H3,(H,24,27). The number of anilines is 1. The van der Waals surface area contributed by atoms with Crippen LogP contribution in [0, 0.1) is 6.92 Å². The minimum absolute atomic E-state index is 0.104. The third-order valence-electron chi connectivity index (χ3n) is 3.70. The lowest BCUT2D eigenvalue weighted by Gasteiger charge is -2.10. The number of amides is 1. The number of carbonyl (C=O) groups excluding carboxylic acids is 1. The Bertz CT molecular complexity index is 978. The highest BCUT2D eigenvalue weighted by atomic mass is 32.2. The molecule has 0 saturated heterocycles. The summed E-state index contributed by atoms with van der Waals surface area (Å²) in [7, 11) is 0. The summed E-state index contributed by atoms with van der Waals surface area (Å²) in [6, 6.07) is 16.7. The zero-order valence-electron chi connectivity index (χ0n) is 14.8. The molecule has 2 aromatic carbocycles. The average molecular weight is 403 g/mol. The zero-order chi connectivity index (χ0) is 20.1. The van der Waals surface area contributed by atoms with Crippen molar-refractivity contribution < 1.29 is 18.0 Å². The number of alkyl halides is 3. The van der Waals surface area contributed by atoms with Gasteiger partial charge >= 0.3 is 6.18 Å². The number of aromatic nitrogens is 2. The van der Waals surface area contributed by atoms with Crippen molar-refractivity contribution in [2.45, 2.75) is 18.3 Å². The third-order valence-corrected chi connectivity index (χ3v) is 4.55. The van der Waals surface area contributed by atoms with E-state index in [2.05, 4.69) is 15.3 Å². The molecular weight excluding hydrogens is 387 g/mol. The van der Waals surface area contributed by atoms with Crippen molar-refractivity contribution in [3.63, 3.8) is 0 Å². The molecule has 0 aliphatic rings. The van der Waals surface area contributed by atoms with E-state index in [-0.39, 0.29) is 22.5 Å². The van der Waals surface area contributed by atoms with Crippen LogP contribution in [-0.2, 0) is 11.0 Å². The van der Waals surface area contributed by atoms with Crippen molar-refractivity contribution in [2.75, 3.05) is 11.1 Å². The van der Waals surface area contributed by atoms with Crippen molar-refractivity contribution in [2.24, 2.45) is 0 Å². The molecule has 1 heterocycles. The van der Waals surface area contributed by atoms with E-state index in [9.17, 15) is 18.0 Å². The number of nitrogens with zero attached hydrogens (tertiary/aromatic N) is 2. The molecule has 8 heteroatoms. The molecule has 0 unspecified atom stereocenters. The van der Waals surface area contributed by atoms with Gasteiger partial charge in [0.2, 0.25) is 5.91 Å². The summed E-state index contributed by atoms with van der Waals surface area (Å²) in [5.41, 5.74) is 1.27. The van der Waals surface area contributed by atoms with E-state index in [1.807, 2.05) is 13.0 Å². The van der Waals surface area contributed by atoms with Crippen LogP contribution in [0.15, 0.2) is 65.8 Å². The fraction of sp³-hybridized carbons (Fsp3) is 0.150. The Morgan fingerprint density at radius 1 is 1.04 bits per heavy atom. The Hall–Kier alpha value is -2.87. The SMILES string of the molecule is Cc1cccc(NC(=O)CSc2nc(-c3ccccc3)cc(C(F)(F)F)n2)c1. The summed E-state index contributed by atoms with van der Waals surface area (Å²) in [5.74, 6) is -0.457. The molecule has 0 fully saturated rings. The summed E-state index contributed by atoms with van der Waals surface area (Å²) in [5, 5.41) is 2.60. The fourth-order valence-corrected chi connectivity index (χ4v) is 3.10. The normalized spacial score (nSPS) is 11.3. The van der Waals surface area contributed by atoms with Crippen LogP contribution in [0.5, 0.6) is 0 Å². The molecule has 0 aliphatic heterocycles. The predicted octanol–water partition coefficient (Wildman–Crippen LogP) is 5.20. The highest BCUT2D eigenvalue weighted by Crippen LogP contribution is 2.32. The van der Waals surface area contributed by atoms with Crippen LogP contribution in [0.2, 0.25) is 0 Å². The first-order valence-corrected chi connectivity index (χ1v) is 9.31. The van der Waals surface area contributed by atoms with Gasteiger partial charge < -0.3 is 5.32 Å². The highest BCUT2D eigenvalue weighted by Gasteiger charge is 2.33. The lowest BCUT2D eigenvalue weighted by atomic mass is 10.1. The monoisotopic (exact) mass is 403 g/mol. The minimum atomic E-state index is -4.61. The maximum atomic E-state index is 13.2. The summed E-state index contributed by atoms with van der Waals surface area (Å²) in [4.78, 5) is 19.9. The number of thioether (sulfide) groups is 1. The third kappa shape index (κ3) is 5.32. The zero-order valence-corrected chi connectivity index (χ0v) is 15.6. The molecule has 0 aliphatic carbocycles. The van der Waals surface area contributed by atoms with Crippen LogP contribution in [0.1, 0.15) is 11.3 Å². The number of hydrogen-bond acceptors (Lipinski definition) is 4. The second-order valence-electron chi connectivity index (χ2n) is 5.99. The van der Waals surface area contributed by atoms with E-state index in [0.717, 1.165) is 23.4 Å². The number of nitrogens with one attached hydrogen (secondary N) is 1. The first-order chi connectivity index (χ1) is 13.3. The lowest BCUT2D eigenvalue weighted by molar-refractivity contribution is -0.141. The molecule has 1 amide bonds. The summed E-state index contributed by atoms with van der Waals surface area (Å²) in [6.07, 6.45) is -4.61. The predicted molar refractivity (Wildman–Crippen MR) is 103 cm³/mol. The highest BCUT2D eigenvalue weighted by molar-refractivity contribution is 7.99. The molecular formula is C20H16F3N3OS. The van der Waals surface area contributed by atoms with E-state index >= 15 is 0 Å². The topological polar surface area (TPSA) is 54.9 Å². The van der Waals surface area contributed by atoms with Gasteiger partial charge in [-0.25, -0.2) is 9.97 Å². The van der Waals surface area contributed by atoms with Crippen molar-refractivity contribution in [1.82, 2.24) is 9.97 Å². The van der Waals surface area contributed by atoms with Gasteiger partial charge in [-0.15, -0.1) is 0 Å². The smallest absolute Gasteiger partial charge is 0.325 e. The maximum Gasteiger partial charge on any atom is 0.433 e. The number of rotatable bonds is 5. The first kappa shape index (κ1) is 19.9. The Balaban J connectivity index is 1.78. The second kappa shape index (κ2) is 8.43. The van der Waals surface area contributed by atoms with Crippen LogP contribution >= 0.6 is 11.8 Å². The van der Waals surface area contributed by atoms with Gasteiger partial charge in [-0.1, -0.05) is 54.2 Å². The Morgan fingerprint density at radius 3 is 2.46 bits per heavy atom. The van der Waals surface area contributed by atoms with Crippen molar-refractivity contribution in [3.05, 3.63) is 71.9 Å². The molecule has 0 radical (unpaired) electrons. The summed E-state index contributed by atoms with van der Waals surface area (Å²) in [6.45, 7) is 1.89. The molecule has 0 spiro atoms. The van der Waals surface area contributed by atoms with E-state index in [1.54, 1.807) is 48.5 Å². The molecule has 144 valence electrons. The number of halogens is 3. The molecule has 0 bridgehead atoms. The van der Waals surface area contributed by atoms with Crippen LogP contribution in [0.4, 0.5) is 18.9 Å². The van der Waals surface area contributed by atoms with Gasteiger partial charge in [-0.2, -0.15) is 13.2 Å². The van der Waals surface area contributed by atoms with E-state index < -0.39 is 11.9 Å². The number of aryl methyl sites for hydroxylation is 1. The van der Waals surface area contributed by atoms with Crippen LogP contribution in [0.25, 0.3) is 11.3 Å². The summed E-state index contributed by atoms with van der Waals surface area (Å²) < 4.78 is 39.6. The molecule has 3 aromatic rings. The minimum Gasteiger partial charge on any atom is -0.325 e. The van der Waals surface area contributed by atoms with Gasteiger partial charge in [-0.05, 0) is 30.7 Å². The fourth-order valence-electron chi connectivity index (χ4n) is 2.44. The van der Waals surface area contributed by atoms with Crippen LogP contribution in [-0.4, -0.2) is 21.6 Å². The van der Waals surface area contributed by atoms with E-state index in [0.29, 0.717) is 11.3 Å². The van der Waals surface area contributed by atoms with Crippen molar-refractivity contribution >= 4 is 23.4 Å². The quantitative estimate of drug-likeness (QED) is 0.470. The molecule has 0 saturated carbocycles. The van der Waals surface area contributed by atoms with Gasteiger partial charge in [0, 0.05) is 11.3 Å². The second-order valence-corrected chi connectivity index (χ2v) is 6.93. The van der Waals surface area contributed by atoms with E-state index in [4.69, 9.17) is 0 Å². The van der Waals surface area contributed by atoms with Crippen molar-refractivity contribution in [3.8, 4) is 11.3 Å².